The molecule has 0 saturated heterocycles. The lowest BCUT2D eigenvalue weighted by molar-refractivity contribution is -0.123. The number of carbonyl (C=O) groups excluding carboxylic acids is 1. The first-order valence-corrected chi connectivity index (χ1v) is 6.65. The normalized spacial score (nSPS) is 13.1. The van der Waals surface area contributed by atoms with Gasteiger partial charge in [0.1, 0.15) is 0 Å². The van der Waals surface area contributed by atoms with E-state index in [1.807, 2.05) is 6.92 Å². The summed E-state index contributed by atoms with van der Waals surface area (Å²) in [4.78, 5) is 13.9. The molecule has 0 saturated carbocycles. The highest BCUT2D eigenvalue weighted by Gasteiger charge is 2.14. The minimum absolute atomic E-state index is 0.0811. The van der Waals surface area contributed by atoms with E-state index in [4.69, 9.17) is 5.11 Å². The molecule has 2 N–H and O–H groups in total. The van der Waals surface area contributed by atoms with E-state index < -0.39 is 0 Å². The highest BCUT2D eigenvalue weighted by atomic mass is 16.3. The summed E-state index contributed by atoms with van der Waals surface area (Å²) in [6.07, 6.45) is 2.82. The molecule has 1 unspecified atom stereocenters. The summed E-state index contributed by atoms with van der Waals surface area (Å²) < 4.78 is 0. The van der Waals surface area contributed by atoms with Crippen molar-refractivity contribution < 1.29 is 9.90 Å². The molecule has 1 atom stereocenters. The summed E-state index contributed by atoms with van der Waals surface area (Å²) in [5.41, 5.74) is 0. The molecule has 1 amide bonds. The first kappa shape index (κ1) is 16.4. The van der Waals surface area contributed by atoms with Crippen molar-refractivity contribution >= 4 is 5.91 Å². The number of nitrogens with one attached hydrogen (secondary N) is 1. The second-order valence-electron chi connectivity index (χ2n) is 4.90. The molecular weight excluding hydrogens is 216 g/mol. The van der Waals surface area contributed by atoms with Crippen LogP contribution in [0.25, 0.3) is 0 Å². The second-order valence-corrected chi connectivity index (χ2v) is 4.90. The molecular formula is C13H28N2O2. The highest BCUT2D eigenvalue weighted by Crippen LogP contribution is 2.00. The molecule has 0 aliphatic carbocycles. The van der Waals surface area contributed by atoms with Crippen molar-refractivity contribution in [2.45, 2.75) is 59.0 Å². The van der Waals surface area contributed by atoms with Crippen LogP contribution in [0.2, 0.25) is 0 Å². The van der Waals surface area contributed by atoms with Crippen LogP contribution in [0.15, 0.2) is 0 Å². The number of aliphatic hydroxyl groups is 1. The van der Waals surface area contributed by atoms with Crippen LogP contribution in [0.1, 0.15) is 47.0 Å². The second kappa shape index (κ2) is 9.42. The molecule has 0 radical (unpaired) electrons. The van der Waals surface area contributed by atoms with Gasteiger partial charge in [0.25, 0.3) is 0 Å². The third-order valence-electron chi connectivity index (χ3n) is 2.81. The van der Waals surface area contributed by atoms with Crippen molar-refractivity contribution in [3.8, 4) is 0 Å². The molecule has 102 valence electrons. The van der Waals surface area contributed by atoms with Crippen molar-refractivity contribution in [3.05, 3.63) is 0 Å². The molecule has 17 heavy (non-hydrogen) atoms. The van der Waals surface area contributed by atoms with Gasteiger partial charge in [-0.05, 0) is 33.6 Å². The summed E-state index contributed by atoms with van der Waals surface area (Å²) >= 11 is 0. The fraction of sp³-hybridized carbons (Fsp3) is 0.923. The van der Waals surface area contributed by atoms with Gasteiger partial charge in [0.2, 0.25) is 5.91 Å². The number of aliphatic hydroxyl groups excluding tert-OH is 1. The van der Waals surface area contributed by atoms with Crippen molar-refractivity contribution in [2.24, 2.45) is 0 Å². The molecule has 0 bridgehead atoms. The van der Waals surface area contributed by atoms with Gasteiger partial charge >= 0.3 is 0 Å². The van der Waals surface area contributed by atoms with Crippen molar-refractivity contribution in [1.29, 1.82) is 0 Å². The predicted molar refractivity (Wildman–Crippen MR) is 70.9 cm³/mol. The molecule has 4 heteroatoms. The Morgan fingerprint density at radius 3 is 2.47 bits per heavy atom. The minimum Gasteiger partial charge on any atom is -0.396 e. The number of nitrogens with zero attached hydrogens (tertiary/aromatic N) is 1. The molecule has 4 nitrogen and oxygen atoms in total. The summed E-state index contributed by atoms with van der Waals surface area (Å²) in [5.74, 6) is 0.0811. The fourth-order valence-corrected chi connectivity index (χ4v) is 1.80. The monoisotopic (exact) mass is 244 g/mol. The zero-order chi connectivity index (χ0) is 13.3. The molecule has 0 aliphatic rings. The van der Waals surface area contributed by atoms with Gasteiger partial charge < -0.3 is 10.4 Å². The maximum Gasteiger partial charge on any atom is 0.234 e. The van der Waals surface area contributed by atoms with Crippen LogP contribution >= 0.6 is 0 Å². The SMILES string of the molecule is CCCC(C)NC(=O)CN(CCCO)C(C)C. The highest BCUT2D eigenvalue weighted by molar-refractivity contribution is 5.78. The maximum atomic E-state index is 11.8. The lowest BCUT2D eigenvalue weighted by Crippen LogP contribution is -2.44. The Morgan fingerprint density at radius 1 is 1.35 bits per heavy atom. The largest absolute Gasteiger partial charge is 0.396 e. The van der Waals surface area contributed by atoms with Crippen molar-refractivity contribution in [1.82, 2.24) is 10.2 Å². The Bertz CT molecular complexity index is 208. The summed E-state index contributed by atoms with van der Waals surface area (Å²) in [7, 11) is 0. The van der Waals surface area contributed by atoms with E-state index in [1.165, 1.54) is 0 Å². The Kier molecular flexibility index (Phi) is 9.09. The van der Waals surface area contributed by atoms with Gasteiger partial charge in [-0.25, -0.2) is 0 Å². The van der Waals surface area contributed by atoms with Crippen molar-refractivity contribution in [3.63, 3.8) is 0 Å². The molecule has 0 aliphatic heterocycles. The zero-order valence-corrected chi connectivity index (χ0v) is 11.7. The number of carbonyl (C=O) groups is 1. The van der Waals surface area contributed by atoms with E-state index in [9.17, 15) is 4.79 Å². The van der Waals surface area contributed by atoms with Crippen LogP contribution in [0.4, 0.5) is 0 Å². The van der Waals surface area contributed by atoms with Gasteiger partial charge in [-0.3, -0.25) is 9.69 Å². The number of amides is 1. The zero-order valence-electron chi connectivity index (χ0n) is 11.7. The first-order chi connectivity index (χ1) is 8.01. The number of hydrogen-bond donors (Lipinski definition) is 2. The maximum absolute atomic E-state index is 11.8. The topological polar surface area (TPSA) is 52.6 Å². The Hall–Kier alpha value is -0.610. The molecule has 0 heterocycles. The van der Waals surface area contributed by atoms with Crippen LogP contribution < -0.4 is 5.32 Å². The van der Waals surface area contributed by atoms with E-state index in [2.05, 4.69) is 31.0 Å². The Morgan fingerprint density at radius 2 is 2.00 bits per heavy atom. The van der Waals surface area contributed by atoms with Crippen LogP contribution in [0.3, 0.4) is 0 Å². The quantitative estimate of drug-likeness (QED) is 0.644. The van der Waals surface area contributed by atoms with Crippen LogP contribution in [-0.2, 0) is 4.79 Å². The summed E-state index contributed by atoms with van der Waals surface area (Å²) in [6, 6.07) is 0.577. The lowest BCUT2D eigenvalue weighted by atomic mass is 10.2. The van der Waals surface area contributed by atoms with Gasteiger partial charge in [0.15, 0.2) is 0 Å². The van der Waals surface area contributed by atoms with Gasteiger partial charge in [0, 0.05) is 25.2 Å². The lowest BCUT2D eigenvalue weighted by Gasteiger charge is -2.26. The minimum atomic E-state index is 0.0811. The van der Waals surface area contributed by atoms with Crippen LogP contribution in [-0.4, -0.2) is 47.7 Å². The van der Waals surface area contributed by atoms with Crippen molar-refractivity contribution in [2.75, 3.05) is 19.7 Å². The first-order valence-electron chi connectivity index (χ1n) is 6.65. The molecule has 0 aromatic rings. The van der Waals surface area contributed by atoms with E-state index in [1.54, 1.807) is 0 Å². The van der Waals surface area contributed by atoms with E-state index in [-0.39, 0.29) is 18.6 Å². The summed E-state index contributed by atoms with van der Waals surface area (Å²) in [6.45, 7) is 9.66. The average Bonchev–Trinajstić information content (AvgIpc) is 2.23. The third-order valence-corrected chi connectivity index (χ3v) is 2.81. The van der Waals surface area contributed by atoms with Gasteiger partial charge in [0.05, 0.1) is 6.54 Å². The van der Waals surface area contributed by atoms with E-state index in [0.717, 1.165) is 25.8 Å². The molecule has 0 fully saturated rings. The fourth-order valence-electron chi connectivity index (χ4n) is 1.80. The summed E-state index contributed by atoms with van der Waals surface area (Å²) in [5, 5.41) is 11.8. The van der Waals surface area contributed by atoms with E-state index >= 15 is 0 Å². The Labute approximate surface area is 105 Å². The number of hydrogen-bond acceptors (Lipinski definition) is 3. The Balaban J connectivity index is 4.02. The van der Waals surface area contributed by atoms with Gasteiger partial charge in [-0.15, -0.1) is 0 Å². The predicted octanol–water partition coefficient (Wildman–Crippen LogP) is 1.38. The standard InChI is InChI=1S/C13H28N2O2/c1-5-7-12(4)14-13(17)10-15(11(2)3)8-6-9-16/h11-12,16H,5-10H2,1-4H3,(H,14,17). The third kappa shape index (κ3) is 8.16. The van der Waals surface area contributed by atoms with E-state index in [0.29, 0.717) is 12.6 Å². The molecule has 0 aromatic carbocycles. The van der Waals surface area contributed by atoms with Gasteiger partial charge in [-0.2, -0.15) is 0 Å². The average molecular weight is 244 g/mol. The smallest absolute Gasteiger partial charge is 0.234 e. The molecule has 0 aromatic heterocycles. The molecule has 0 rings (SSSR count). The van der Waals surface area contributed by atoms with Crippen LogP contribution in [0.5, 0.6) is 0 Å². The molecule has 0 spiro atoms. The number of rotatable bonds is 9. The van der Waals surface area contributed by atoms with Gasteiger partial charge in [-0.1, -0.05) is 13.3 Å². The van der Waals surface area contributed by atoms with Crippen LogP contribution in [0, 0.1) is 0 Å².